The Labute approximate surface area is 94.2 Å². The third-order valence-electron chi connectivity index (χ3n) is 2.13. The number of aldehydes is 1. The number of rotatable bonds is 5. The van der Waals surface area contributed by atoms with Gasteiger partial charge in [-0.15, -0.1) is 0 Å². The number of carbonyl (C=O) groups is 2. The summed E-state index contributed by atoms with van der Waals surface area (Å²) >= 11 is 0. The van der Waals surface area contributed by atoms with Crippen LogP contribution in [0.3, 0.4) is 0 Å². The van der Waals surface area contributed by atoms with E-state index in [1.165, 1.54) is 7.11 Å². The summed E-state index contributed by atoms with van der Waals surface area (Å²) in [7, 11) is 1.48. The van der Waals surface area contributed by atoms with Crippen LogP contribution in [-0.2, 0) is 16.0 Å². The molecule has 0 saturated carbocycles. The Hall–Kier alpha value is -1.84. The van der Waals surface area contributed by atoms with Gasteiger partial charge in [-0.2, -0.15) is 0 Å². The van der Waals surface area contributed by atoms with Crippen molar-refractivity contribution >= 4 is 12.3 Å². The smallest absolute Gasteiger partial charge is 0.310 e. The molecule has 4 nitrogen and oxygen atoms in total. The molecule has 0 fully saturated rings. The minimum absolute atomic E-state index is 0.0825. The molecule has 0 aliphatic carbocycles. The Kier molecular flexibility index (Phi) is 4.51. The molecule has 0 amide bonds. The molecular weight excluding hydrogens is 208 g/mol. The van der Waals surface area contributed by atoms with Crippen molar-refractivity contribution in [2.75, 3.05) is 13.7 Å². The van der Waals surface area contributed by atoms with Gasteiger partial charge in [0.2, 0.25) is 0 Å². The van der Waals surface area contributed by atoms with Gasteiger partial charge in [-0.05, 0) is 18.6 Å². The second-order valence-corrected chi connectivity index (χ2v) is 3.13. The molecule has 16 heavy (non-hydrogen) atoms. The molecule has 86 valence electrons. The number of ether oxygens (including phenoxy) is 2. The number of esters is 1. The summed E-state index contributed by atoms with van der Waals surface area (Å²) in [5.74, 6) is 0.121. The predicted octanol–water partition coefficient (Wildman–Crippen LogP) is 1.61. The van der Waals surface area contributed by atoms with E-state index in [0.717, 1.165) is 0 Å². The molecule has 0 spiro atoms. The van der Waals surface area contributed by atoms with E-state index in [2.05, 4.69) is 0 Å². The third kappa shape index (κ3) is 2.82. The van der Waals surface area contributed by atoms with E-state index in [-0.39, 0.29) is 12.4 Å². The minimum Gasteiger partial charge on any atom is -0.496 e. The Bertz CT molecular complexity index is 385. The van der Waals surface area contributed by atoms with Crippen molar-refractivity contribution in [3.05, 3.63) is 29.3 Å². The summed E-state index contributed by atoms with van der Waals surface area (Å²) in [4.78, 5) is 22.2. The molecule has 4 heteroatoms. The van der Waals surface area contributed by atoms with Gasteiger partial charge < -0.3 is 9.47 Å². The van der Waals surface area contributed by atoms with Gasteiger partial charge in [-0.3, -0.25) is 9.59 Å². The zero-order chi connectivity index (χ0) is 12.0. The highest BCUT2D eigenvalue weighted by molar-refractivity contribution is 5.85. The molecule has 1 aromatic rings. The van der Waals surface area contributed by atoms with Crippen LogP contribution in [0.2, 0.25) is 0 Å². The van der Waals surface area contributed by atoms with Crippen LogP contribution in [0.1, 0.15) is 22.8 Å². The fraction of sp³-hybridized carbons (Fsp3) is 0.333. The first-order chi connectivity index (χ1) is 7.72. The van der Waals surface area contributed by atoms with Gasteiger partial charge in [-0.1, -0.05) is 12.1 Å². The molecule has 0 heterocycles. The lowest BCUT2D eigenvalue weighted by Crippen LogP contribution is -2.09. The molecule has 0 saturated heterocycles. The lowest BCUT2D eigenvalue weighted by molar-refractivity contribution is -0.142. The first-order valence-electron chi connectivity index (χ1n) is 4.99. The van der Waals surface area contributed by atoms with E-state index in [1.807, 2.05) is 0 Å². The highest BCUT2D eigenvalue weighted by Gasteiger charge is 2.12. The maximum atomic E-state index is 11.3. The molecule has 0 radical (unpaired) electrons. The standard InChI is InChI=1S/C12H14O4/c1-3-16-12(14)7-9-5-4-6-11(15-2)10(9)8-13/h4-6,8H,3,7H2,1-2H3. The molecular formula is C12H14O4. The quantitative estimate of drug-likeness (QED) is 0.561. The zero-order valence-electron chi connectivity index (χ0n) is 9.36. The van der Waals surface area contributed by atoms with E-state index in [4.69, 9.17) is 9.47 Å². The fourth-order valence-electron chi connectivity index (χ4n) is 1.42. The molecule has 0 atom stereocenters. The van der Waals surface area contributed by atoms with Crippen LogP contribution >= 0.6 is 0 Å². The number of hydrogen-bond acceptors (Lipinski definition) is 4. The normalized spacial score (nSPS) is 9.62. The Morgan fingerprint density at radius 2 is 2.19 bits per heavy atom. The van der Waals surface area contributed by atoms with Gasteiger partial charge in [0.05, 0.1) is 25.7 Å². The molecule has 0 aliphatic heterocycles. The molecule has 0 aliphatic rings. The highest BCUT2D eigenvalue weighted by atomic mass is 16.5. The van der Waals surface area contributed by atoms with E-state index < -0.39 is 0 Å². The van der Waals surface area contributed by atoms with E-state index >= 15 is 0 Å². The van der Waals surface area contributed by atoms with Crippen LogP contribution in [-0.4, -0.2) is 26.0 Å². The number of hydrogen-bond donors (Lipinski definition) is 0. The van der Waals surface area contributed by atoms with E-state index in [9.17, 15) is 9.59 Å². The first kappa shape index (κ1) is 12.2. The van der Waals surface area contributed by atoms with E-state index in [0.29, 0.717) is 29.8 Å². The first-order valence-corrected chi connectivity index (χ1v) is 4.99. The Morgan fingerprint density at radius 3 is 2.75 bits per heavy atom. The van der Waals surface area contributed by atoms with Crippen LogP contribution in [0, 0.1) is 0 Å². The maximum Gasteiger partial charge on any atom is 0.310 e. The summed E-state index contributed by atoms with van der Waals surface area (Å²) in [6.07, 6.45) is 0.770. The lowest BCUT2D eigenvalue weighted by Gasteiger charge is -2.08. The second kappa shape index (κ2) is 5.90. The number of benzene rings is 1. The van der Waals surface area contributed by atoms with Gasteiger partial charge in [0.15, 0.2) is 6.29 Å². The molecule has 0 bridgehead atoms. The highest BCUT2D eigenvalue weighted by Crippen LogP contribution is 2.20. The van der Waals surface area contributed by atoms with E-state index in [1.54, 1.807) is 25.1 Å². The van der Waals surface area contributed by atoms with Gasteiger partial charge in [0.1, 0.15) is 5.75 Å². The van der Waals surface area contributed by atoms with Gasteiger partial charge in [-0.25, -0.2) is 0 Å². The number of carbonyl (C=O) groups excluding carboxylic acids is 2. The van der Waals surface area contributed by atoms with Crippen molar-refractivity contribution in [1.29, 1.82) is 0 Å². The van der Waals surface area contributed by atoms with Crippen LogP contribution in [0.25, 0.3) is 0 Å². The average Bonchev–Trinajstić information content (AvgIpc) is 2.29. The van der Waals surface area contributed by atoms with Crippen LogP contribution in [0.5, 0.6) is 5.75 Å². The van der Waals surface area contributed by atoms with Crippen molar-refractivity contribution in [2.24, 2.45) is 0 Å². The maximum absolute atomic E-state index is 11.3. The Morgan fingerprint density at radius 1 is 1.44 bits per heavy atom. The largest absolute Gasteiger partial charge is 0.496 e. The van der Waals surface area contributed by atoms with Crippen LogP contribution < -0.4 is 4.74 Å². The molecule has 0 aromatic heterocycles. The van der Waals surface area contributed by atoms with Crippen molar-refractivity contribution in [3.63, 3.8) is 0 Å². The predicted molar refractivity (Wildman–Crippen MR) is 58.7 cm³/mol. The van der Waals surface area contributed by atoms with Crippen molar-refractivity contribution in [3.8, 4) is 5.75 Å². The second-order valence-electron chi connectivity index (χ2n) is 3.13. The lowest BCUT2D eigenvalue weighted by atomic mass is 10.0. The summed E-state index contributed by atoms with van der Waals surface area (Å²) in [5, 5.41) is 0. The molecule has 0 N–H and O–H groups in total. The van der Waals surface area contributed by atoms with Crippen molar-refractivity contribution < 1.29 is 19.1 Å². The Balaban J connectivity index is 2.95. The van der Waals surface area contributed by atoms with Crippen LogP contribution in [0.15, 0.2) is 18.2 Å². The molecule has 1 rings (SSSR count). The van der Waals surface area contributed by atoms with Gasteiger partial charge in [0, 0.05) is 0 Å². The SMILES string of the molecule is CCOC(=O)Cc1cccc(OC)c1C=O. The van der Waals surface area contributed by atoms with Crippen LogP contribution in [0.4, 0.5) is 0 Å². The summed E-state index contributed by atoms with van der Waals surface area (Å²) in [6.45, 7) is 2.07. The van der Waals surface area contributed by atoms with Crippen molar-refractivity contribution in [2.45, 2.75) is 13.3 Å². The molecule has 0 unspecified atom stereocenters. The topological polar surface area (TPSA) is 52.6 Å². The van der Waals surface area contributed by atoms with Crippen molar-refractivity contribution in [1.82, 2.24) is 0 Å². The monoisotopic (exact) mass is 222 g/mol. The zero-order valence-corrected chi connectivity index (χ0v) is 9.36. The third-order valence-corrected chi connectivity index (χ3v) is 2.13. The van der Waals surface area contributed by atoms with Gasteiger partial charge in [0.25, 0.3) is 0 Å². The average molecular weight is 222 g/mol. The number of methoxy groups -OCH3 is 1. The molecule has 1 aromatic carbocycles. The minimum atomic E-state index is -0.348. The summed E-state index contributed by atoms with van der Waals surface area (Å²) in [6, 6.07) is 5.13. The van der Waals surface area contributed by atoms with Gasteiger partial charge >= 0.3 is 5.97 Å². The fourth-order valence-corrected chi connectivity index (χ4v) is 1.42. The summed E-state index contributed by atoms with van der Waals surface area (Å²) in [5.41, 5.74) is 1.02. The summed E-state index contributed by atoms with van der Waals surface area (Å²) < 4.78 is 9.86.